The van der Waals surface area contributed by atoms with Crippen molar-refractivity contribution in [3.8, 4) is 0 Å². The summed E-state index contributed by atoms with van der Waals surface area (Å²) in [6.45, 7) is 11.6. The maximum absolute atomic E-state index is 11.6. The molecule has 1 aliphatic heterocycles. The molecule has 194 valence electrons. The van der Waals surface area contributed by atoms with Crippen molar-refractivity contribution < 1.29 is 14.6 Å². The first-order valence-electron chi connectivity index (χ1n) is 13.3. The van der Waals surface area contributed by atoms with Gasteiger partial charge in [-0.15, -0.1) is 0 Å². The number of morpholine rings is 1. The summed E-state index contributed by atoms with van der Waals surface area (Å²) in [7, 11) is 0. The lowest BCUT2D eigenvalue weighted by atomic mass is 9.86. The Morgan fingerprint density at radius 2 is 1.59 bits per heavy atom. The molecule has 1 heterocycles. The number of nitrogens with one attached hydrogen (secondary N) is 1. The number of rotatable bonds is 18. The van der Waals surface area contributed by atoms with Crippen LogP contribution >= 0.6 is 0 Å². The largest absolute Gasteiger partial charge is 0.394 e. The summed E-state index contributed by atoms with van der Waals surface area (Å²) < 4.78 is 5.41. The van der Waals surface area contributed by atoms with E-state index >= 15 is 0 Å². The molecule has 0 radical (unpaired) electrons. The van der Waals surface area contributed by atoms with Crippen LogP contribution in [0.3, 0.4) is 0 Å². The molecule has 0 aliphatic carbocycles. The molecule has 0 aromatic rings. The fourth-order valence-corrected chi connectivity index (χ4v) is 3.82. The lowest BCUT2D eigenvalue weighted by Gasteiger charge is -2.27. The van der Waals surface area contributed by atoms with Crippen LogP contribution in [0, 0.1) is 5.41 Å². The quantitative estimate of drug-likeness (QED) is 0.201. The van der Waals surface area contributed by atoms with Gasteiger partial charge in [0.2, 0.25) is 5.91 Å². The number of carbonyl (C=O) groups is 1. The van der Waals surface area contributed by atoms with Gasteiger partial charge < -0.3 is 15.2 Å². The van der Waals surface area contributed by atoms with Crippen LogP contribution in [0.5, 0.6) is 0 Å². The molecule has 1 amide bonds. The van der Waals surface area contributed by atoms with Crippen molar-refractivity contribution in [1.82, 2.24) is 10.2 Å². The highest BCUT2D eigenvalue weighted by molar-refractivity contribution is 5.76. The minimum atomic E-state index is -0.161. The van der Waals surface area contributed by atoms with Gasteiger partial charge in [0.25, 0.3) is 0 Å². The molecule has 0 aromatic heterocycles. The van der Waals surface area contributed by atoms with Gasteiger partial charge in [0.05, 0.1) is 19.8 Å². The zero-order chi connectivity index (χ0) is 24.9. The van der Waals surface area contributed by atoms with Gasteiger partial charge in [-0.25, -0.2) is 0 Å². The van der Waals surface area contributed by atoms with Gasteiger partial charge in [0, 0.05) is 25.6 Å². The monoisotopic (exact) mass is 474 g/mol. The third kappa shape index (κ3) is 17.7. The van der Waals surface area contributed by atoms with Gasteiger partial charge in [-0.3, -0.25) is 9.69 Å². The second-order valence-corrected chi connectivity index (χ2v) is 9.97. The minimum absolute atomic E-state index is 0.0134. The van der Waals surface area contributed by atoms with Gasteiger partial charge in [0.1, 0.15) is 0 Å². The summed E-state index contributed by atoms with van der Waals surface area (Å²) in [5.41, 5.74) is 0.271. The van der Waals surface area contributed by atoms with E-state index in [9.17, 15) is 4.79 Å². The summed E-state index contributed by atoms with van der Waals surface area (Å²) in [5, 5.41) is 11.7. The molecule has 1 atom stereocenters. The van der Waals surface area contributed by atoms with E-state index in [1.165, 1.54) is 25.8 Å². The summed E-state index contributed by atoms with van der Waals surface area (Å²) >= 11 is 0. The topological polar surface area (TPSA) is 61.8 Å². The van der Waals surface area contributed by atoms with Crippen LogP contribution in [-0.4, -0.2) is 61.4 Å². The van der Waals surface area contributed by atoms with Gasteiger partial charge >= 0.3 is 0 Å². The Kier molecular flexibility index (Phi) is 17.5. The number of unbranched alkanes of at least 4 members (excludes halogenated alkanes) is 2. The molecule has 34 heavy (non-hydrogen) atoms. The molecule has 1 fully saturated rings. The summed E-state index contributed by atoms with van der Waals surface area (Å²) in [5.74, 6) is 0.0134. The number of allylic oxidation sites excluding steroid dienone is 8. The van der Waals surface area contributed by atoms with Crippen molar-refractivity contribution in [1.29, 1.82) is 0 Å². The van der Waals surface area contributed by atoms with E-state index in [-0.39, 0.29) is 24.0 Å². The third-order valence-corrected chi connectivity index (χ3v) is 5.99. The fourth-order valence-electron chi connectivity index (χ4n) is 3.82. The molecule has 0 aromatic carbocycles. The molecule has 1 aliphatic rings. The van der Waals surface area contributed by atoms with Crippen LogP contribution in [-0.2, 0) is 9.53 Å². The van der Waals surface area contributed by atoms with Crippen molar-refractivity contribution in [2.45, 2.75) is 84.6 Å². The molecule has 0 unspecified atom stereocenters. The molecule has 2 N–H and O–H groups in total. The number of carbonyl (C=O) groups excluding carboxylic acids is 1. The van der Waals surface area contributed by atoms with E-state index in [0.29, 0.717) is 6.42 Å². The van der Waals surface area contributed by atoms with Crippen molar-refractivity contribution in [3.63, 3.8) is 0 Å². The SMILES string of the molecule is C[C@H](CO)NC(=O)CCC/C=C\C/C=C\C/C=C\C/C=C\C(C)(C)CCCCN1CCOCC1. The van der Waals surface area contributed by atoms with E-state index in [1.807, 2.05) is 0 Å². The van der Waals surface area contributed by atoms with Crippen molar-refractivity contribution >= 4 is 5.91 Å². The van der Waals surface area contributed by atoms with Crippen LogP contribution in [0.25, 0.3) is 0 Å². The Morgan fingerprint density at radius 1 is 0.971 bits per heavy atom. The Balaban J connectivity index is 2.01. The zero-order valence-corrected chi connectivity index (χ0v) is 22.0. The highest BCUT2D eigenvalue weighted by Gasteiger charge is 2.14. The molecule has 5 heteroatoms. The van der Waals surface area contributed by atoms with Crippen molar-refractivity contribution in [3.05, 3.63) is 48.6 Å². The first-order chi connectivity index (χ1) is 16.4. The second kappa shape index (κ2) is 19.6. The van der Waals surface area contributed by atoms with E-state index in [0.717, 1.165) is 58.4 Å². The van der Waals surface area contributed by atoms with Gasteiger partial charge in [-0.2, -0.15) is 0 Å². The van der Waals surface area contributed by atoms with Crippen LogP contribution < -0.4 is 5.32 Å². The number of hydrogen-bond acceptors (Lipinski definition) is 4. The highest BCUT2D eigenvalue weighted by atomic mass is 16.5. The van der Waals surface area contributed by atoms with Gasteiger partial charge in [-0.05, 0) is 63.8 Å². The van der Waals surface area contributed by atoms with E-state index in [2.05, 4.69) is 72.7 Å². The number of ether oxygens (including phenoxy) is 1. The number of aliphatic hydroxyl groups excluding tert-OH is 1. The Bertz CT molecular complexity index is 631. The van der Waals surface area contributed by atoms with Crippen molar-refractivity contribution in [2.24, 2.45) is 5.41 Å². The second-order valence-electron chi connectivity index (χ2n) is 9.97. The normalized spacial score (nSPS) is 16.9. The fraction of sp³-hybridized carbons (Fsp3) is 0.690. The van der Waals surface area contributed by atoms with Crippen molar-refractivity contribution in [2.75, 3.05) is 39.5 Å². The van der Waals surface area contributed by atoms with Crippen LogP contribution in [0.4, 0.5) is 0 Å². The summed E-state index contributed by atoms with van der Waals surface area (Å²) in [4.78, 5) is 14.1. The Hall–Kier alpha value is -1.69. The summed E-state index contributed by atoms with van der Waals surface area (Å²) in [6.07, 6.45) is 26.8. The average Bonchev–Trinajstić information content (AvgIpc) is 2.82. The van der Waals surface area contributed by atoms with Gasteiger partial charge in [-0.1, -0.05) is 68.9 Å². The van der Waals surface area contributed by atoms with E-state index < -0.39 is 0 Å². The first kappa shape index (κ1) is 30.3. The first-order valence-corrected chi connectivity index (χ1v) is 13.3. The highest BCUT2D eigenvalue weighted by Crippen LogP contribution is 2.25. The predicted octanol–water partition coefficient (Wildman–Crippen LogP) is 5.58. The number of aliphatic hydroxyl groups is 1. The smallest absolute Gasteiger partial charge is 0.220 e. The molecule has 1 saturated heterocycles. The summed E-state index contributed by atoms with van der Waals surface area (Å²) in [6, 6.07) is -0.161. The number of hydrogen-bond donors (Lipinski definition) is 2. The molecular formula is C29H50N2O3. The maximum Gasteiger partial charge on any atom is 0.220 e. The molecule has 5 nitrogen and oxygen atoms in total. The van der Waals surface area contributed by atoms with Gasteiger partial charge in [0.15, 0.2) is 0 Å². The number of amides is 1. The third-order valence-electron chi connectivity index (χ3n) is 5.99. The Labute approximate surface area is 209 Å². The number of nitrogens with zero attached hydrogens (tertiary/aromatic N) is 1. The molecule has 1 rings (SSSR count). The molecule has 0 bridgehead atoms. The van der Waals surface area contributed by atoms with Crippen LogP contribution in [0.1, 0.15) is 78.6 Å². The lowest BCUT2D eigenvalue weighted by Crippen LogP contribution is -2.36. The van der Waals surface area contributed by atoms with E-state index in [1.54, 1.807) is 6.92 Å². The average molecular weight is 475 g/mol. The molecular weight excluding hydrogens is 424 g/mol. The Morgan fingerprint density at radius 3 is 2.24 bits per heavy atom. The molecule has 0 saturated carbocycles. The van der Waals surface area contributed by atoms with Crippen LogP contribution in [0.2, 0.25) is 0 Å². The minimum Gasteiger partial charge on any atom is -0.394 e. The molecule has 0 spiro atoms. The van der Waals surface area contributed by atoms with E-state index in [4.69, 9.17) is 9.84 Å². The standard InChI is InChI=1S/C29H50N2O3/c1-27(26-32)30-28(33)18-14-12-10-8-6-4-5-7-9-11-13-15-19-29(2,3)20-16-17-21-31-22-24-34-25-23-31/h4-5,8-11,15,19,27,32H,6-7,12-14,16-18,20-26H2,1-3H3,(H,30,33)/b5-4-,10-8-,11-9-,19-15-/t27-/m1/s1. The van der Waals surface area contributed by atoms with Crippen LogP contribution in [0.15, 0.2) is 48.6 Å². The maximum atomic E-state index is 11.6. The zero-order valence-electron chi connectivity index (χ0n) is 22.0. The lowest BCUT2D eigenvalue weighted by molar-refractivity contribution is -0.122. The predicted molar refractivity (Wildman–Crippen MR) is 144 cm³/mol.